The van der Waals surface area contributed by atoms with E-state index in [2.05, 4.69) is 58.9 Å². The van der Waals surface area contributed by atoms with Gasteiger partial charge in [-0.2, -0.15) is 0 Å². The van der Waals surface area contributed by atoms with E-state index >= 15 is 0 Å². The van der Waals surface area contributed by atoms with Crippen LogP contribution in [-0.4, -0.2) is 14.5 Å². The standard InChI is InChI=1S/C19H17N3/c1-2-11-22-18-13-16-15(9-6-10-20-16)12-17(18)21-19(22)14-7-4-3-5-8-14/h3-10,12-13H,2,11H2,1H3. The average molecular weight is 287 g/mol. The quantitative estimate of drug-likeness (QED) is 0.548. The summed E-state index contributed by atoms with van der Waals surface area (Å²) in [5.41, 5.74) is 4.37. The molecule has 3 heteroatoms. The van der Waals surface area contributed by atoms with Crippen molar-refractivity contribution in [3.63, 3.8) is 0 Å². The lowest BCUT2D eigenvalue weighted by atomic mass is 10.2. The highest BCUT2D eigenvalue weighted by Gasteiger charge is 2.13. The van der Waals surface area contributed by atoms with Crippen molar-refractivity contribution in [1.82, 2.24) is 14.5 Å². The number of fused-ring (bicyclic) bond motifs is 2. The average Bonchev–Trinajstić information content (AvgIpc) is 2.92. The molecule has 0 amide bonds. The van der Waals surface area contributed by atoms with Crippen molar-refractivity contribution in [1.29, 1.82) is 0 Å². The van der Waals surface area contributed by atoms with Crippen molar-refractivity contribution >= 4 is 21.9 Å². The number of hydrogen-bond acceptors (Lipinski definition) is 2. The molecule has 0 atom stereocenters. The smallest absolute Gasteiger partial charge is 0.141 e. The third-order valence-corrected chi connectivity index (χ3v) is 3.95. The minimum Gasteiger partial charge on any atom is -0.324 e. The molecule has 4 rings (SSSR count). The Hall–Kier alpha value is -2.68. The van der Waals surface area contributed by atoms with Crippen LogP contribution >= 0.6 is 0 Å². The van der Waals surface area contributed by atoms with Gasteiger partial charge < -0.3 is 4.57 Å². The highest BCUT2D eigenvalue weighted by Crippen LogP contribution is 2.27. The molecule has 0 aliphatic carbocycles. The zero-order valence-electron chi connectivity index (χ0n) is 12.5. The van der Waals surface area contributed by atoms with Crippen LogP contribution in [0.3, 0.4) is 0 Å². The maximum atomic E-state index is 4.89. The summed E-state index contributed by atoms with van der Waals surface area (Å²) in [6.45, 7) is 3.15. The molecule has 0 bridgehead atoms. The minimum absolute atomic E-state index is 0.957. The molecule has 0 aliphatic rings. The Morgan fingerprint density at radius 3 is 2.64 bits per heavy atom. The predicted octanol–water partition coefficient (Wildman–Crippen LogP) is 4.66. The van der Waals surface area contributed by atoms with E-state index in [-0.39, 0.29) is 0 Å². The van der Waals surface area contributed by atoms with E-state index < -0.39 is 0 Å². The van der Waals surface area contributed by atoms with Gasteiger partial charge >= 0.3 is 0 Å². The third-order valence-electron chi connectivity index (χ3n) is 3.95. The molecule has 108 valence electrons. The molecule has 0 N–H and O–H groups in total. The van der Waals surface area contributed by atoms with Gasteiger partial charge in [-0.15, -0.1) is 0 Å². The number of aromatic nitrogens is 3. The lowest BCUT2D eigenvalue weighted by Crippen LogP contribution is -1.99. The summed E-state index contributed by atoms with van der Waals surface area (Å²) < 4.78 is 2.30. The Labute approximate surface area is 129 Å². The fourth-order valence-corrected chi connectivity index (χ4v) is 2.95. The molecule has 0 saturated carbocycles. The van der Waals surface area contributed by atoms with Crippen LogP contribution in [0, 0.1) is 0 Å². The Bertz CT molecular complexity index is 939. The van der Waals surface area contributed by atoms with Gasteiger partial charge in [-0.1, -0.05) is 43.3 Å². The highest BCUT2D eigenvalue weighted by atomic mass is 15.1. The normalized spacial score (nSPS) is 11.3. The van der Waals surface area contributed by atoms with Gasteiger partial charge in [-0.3, -0.25) is 4.98 Å². The first-order chi connectivity index (χ1) is 10.9. The second-order valence-corrected chi connectivity index (χ2v) is 5.49. The SMILES string of the molecule is CCCn1c(-c2ccccc2)nc2cc3cccnc3cc21. The fourth-order valence-electron chi connectivity index (χ4n) is 2.95. The molecule has 0 unspecified atom stereocenters. The van der Waals surface area contributed by atoms with Crippen molar-refractivity contribution in [2.24, 2.45) is 0 Å². The summed E-state index contributed by atoms with van der Waals surface area (Å²) in [5, 5.41) is 1.13. The van der Waals surface area contributed by atoms with Gasteiger partial charge in [-0.05, 0) is 24.6 Å². The molecule has 2 aromatic carbocycles. The molecule has 3 nitrogen and oxygen atoms in total. The summed E-state index contributed by atoms with van der Waals surface area (Å²) in [5.74, 6) is 1.03. The number of nitrogens with zero attached hydrogens (tertiary/aromatic N) is 3. The van der Waals surface area contributed by atoms with Gasteiger partial charge in [0.25, 0.3) is 0 Å². The summed E-state index contributed by atoms with van der Waals surface area (Å²) in [6.07, 6.45) is 2.92. The van der Waals surface area contributed by atoms with Crippen LogP contribution in [0.1, 0.15) is 13.3 Å². The van der Waals surface area contributed by atoms with E-state index in [0.29, 0.717) is 0 Å². The molecule has 0 aliphatic heterocycles. The molecule has 0 saturated heterocycles. The largest absolute Gasteiger partial charge is 0.324 e. The molecular weight excluding hydrogens is 270 g/mol. The molecular formula is C19H17N3. The number of hydrogen-bond donors (Lipinski definition) is 0. The topological polar surface area (TPSA) is 30.7 Å². The Balaban J connectivity index is 2.04. The van der Waals surface area contributed by atoms with E-state index in [1.165, 1.54) is 0 Å². The summed E-state index contributed by atoms with van der Waals surface area (Å²) in [6, 6.07) is 18.7. The monoisotopic (exact) mass is 287 g/mol. The highest BCUT2D eigenvalue weighted by molar-refractivity contribution is 5.94. The molecule has 0 spiro atoms. The van der Waals surface area contributed by atoms with Gasteiger partial charge in [-0.25, -0.2) is 4.98 Å². The van der Waals surface area contributed by atoms with Gasteiger partial charge in [0.1, 0.15) is 5.82 Å². The Morgan fingerprint density at radius 2 is 1.82 bits per heavy atom. The molecule has 22 heavy (non-hydrogen) atoms. The molecule has 4 aromatic rings. The summed E-state index contributed by atoms with van der Waals surface area (Å²) >= 11 is 0. The zero-order valence-corrected chi connectivity index (χ0v) is 12.5. The number of pyridine rings is 1. The van der Waals surface area contributed by atoms with Gasteiger partial charge in [0.05, 0.1) is 16.6 Å². The first kappa shape index (κ1) is 13.0. The molecule has 0 fully saturated rings. The third kappa shape index (κ3) is 2.06. The summed E-state index contributed by atoms with van der Waals surface area (Å²) in [7, 11) is 0. The molecule has 2 aromatic heterocycles. The number of imidazole rings is 1. The molecule has 0 radical (unpaired) electrons. The fraction of sp³-hybridized carbons (Fsp3) is 0.158. The zero-order chi connectivity index (χ0) is 14.9. The van der Waals surface area contributed by atoms with Crippen LogP contribution in [0.25, 0.3) is 33.3 Å². The van der Waals surface area contributed by atoms with Crippen molar-refractivity contribution in [2.45, 2.75) is 19.9 Å². The van der Waals surface area contributed by atoms with E-state index in [9.17, 15) is 0 Å². The lowest BCUT2D eigenvalue weighted by Gasteiger charge is -2.08. The van der Waals surface area contributed by atoms with Gasteiger partial charge in [0, 0.05) is 23.7 Å². The second kappa shape index (κ2) is 5.26. The van der Waals surface area contributed by atoms with Crippen molar-refractivity contribution < 1.29 is 0 Å². The number of aryl methyl sites for hydroxylation is 1. The van der Waals surface area contributed by atoms with E-state index in [4.69, 9.17) is 4.98 Å². The van der Waals surface area contributed by atoms with Crippen LogP contribution < -0.4 is 0 Å². The van der Waals surface area contributed by atoms with Gasteiger partial charge in [0.15, 0.2) is 0 Å². The maximum Gasteiger partial charge on any atom is 0.141 e. The van der Waals surface area contributed by atoms with E-state index in [0.717, 1.165) is 46.3 Å². The number of rotatable bonds is 3. The predicted molar refractivity (Wildman–Crippen MR) is 90.8 cm³/mol. The Kier molecular flexibility index (Phi) is 3.11. The lowest BCUT2D eigenvalue weighted by molar-refractivity contribution is 0.704. The second-order valence-electron chi connectivity index (χ2n) is 5.49. The minimum atomic E-state index is 0.957. The number of benzene rings is 2. The van der Waals surface area contributed by atoms with E-state index in [1.54, 1.807) is 0 Å². The van der Waals surface area contributed by atoms with Crippen LogP contribution in [0.15, 0.2) is 60.8 Å². The van der Waals surface area contributed by atoms with E-state index in [1.807, 2.05) is 18.3 Å². The summed E-state index contributed by atoms with van der Waals surface area (Å²) in [4.78, 5) is 9.36. The first-order valence-corrected chi connectivity index (χ1v) is 7.67. The van der Waals surface area contributed by atoms with Crippen LogP contribution in [-0.2, 0) is 6.54 Å². The van der Waals surface area contributed by atoms with Crippen molar-refractivity contribution in [3.05, 3.63) is 60.8 Å². The van der Waals surface area contributed by atoms with Crippen molar-refractivity contribution in [3.8, 4) is 11.4 Å². The first-order valence-electron chi connectivity index (χ1n) is 7.67. The van der Waals surface area contributed by atoms with Crippen LogP contribution in [0.2, 0.25) is 0 Å². The Morgan fingerprint density at radius 1 is 0.955 bits per heavy atom. The maximum absolute atomic E-state index is 4.89. The van der Waals surface area contributed by atoms with Crippen LogP contribution in [0.5, 0.6) is 0 Å². The van der Waals surface area contributed by atoms with Crippen molar-refractivity contribution in [2.75, 3.05) is 0 Å². The molecule has 2 heterocycles. The van der Waals surface area contributed by atoms with Crippen LogP contribution in [0.4, 0.5) is 0 Å². The van der Waals surface area contributed by atoms with Gasteiger partial charge in [0.2, 0.25) is 0 Å².